The molecule has 0 saturated carbocycles. The van der Waals surface area contributed by atoms with Gasteiger partial charge >= 0.3 is 0 Å². The fourth-order valence-corrected chi connectivity index (χ4v) is 6.18. The van der Waals surface area contributed by atoms with Gasteiger partial charge in [0, 0.05) is 12.2 Å². The monoisotopic (exact) mass is 550 g/mol. The molecule has 0 spiro atoms. The summed E-state index contributed by atoms with van der Waals surface area (Å²) >= 11 is 18.9. The normalized spacial score (nSPS) is 13.8. The van der Waals surface area contributed by atoms with Crippen LogP contribution < -0.4 is 9.64 Å². The zero-order chi connectivity index (χ0) is 24.7. The molecule has 182 valence electrons. The number of hydrogen-bond donors (Lipinski definition) is 0. The molecule has 11 heteroatoms. The fraction of sp³-hybridized carbons (Fsp3) is 0.250. The first kappa shape index (κ1) is 24.2. The van der Waals surface area contributed by atoms with Gasteiger partial charge in [-0.15, -0.1) is 11.6 Å². The lowest BCUT2D eigenvalue weighted by molar-refractivity contribution is 0.343. The van der Waals surface area contributed by atoms with E-state index in [1.165, 1.54) is 6.20 Å². The fourth-order valence-electron chi connectivity index (χ4n) is 4.19. The lowest BCUT2D eigenvalue weighted by atomic mass is 10.0. The van der Waals surface area contributed by atoms with Gasteiger partial charge in [-0.05, 0) is 55.7 Å². The van der Waals surface area contributed by atoms with Crippen LogP contribution in [0.4, 0.5) is 11.5 Å². The predicted octanol–water partition coefficient (Wildman–Crippen LogP) is 5.99. The number of ether oxygens (including phenoxy) is 1. The second kappa shape index (κ2) is 9.50. The molecule has 1 aliphatic heterocycles. The van der Waals surface area contributed by atoms with Crippen LogP contribution >= 0.6 is 34.8 Å². The number of anilines is 2. The van der Waals surface area contributed by atoms with Crippen molar-refractivity contribution in [1.82, 2.24) is 14.2 Å². The van der Waals surface area contributed by atoms with Gasteiger partial charge in [-0.1, -0.05) is 40.9 Å². The van der Waals surface area contributed by atoms with Crippen molar-refractivity contribution in [2.45, 2.75) is 24.7 Å². The molecule has 0 aliphatic carbocycles. The highest BCUT2D eigenvalue weighted by molar-refractivity contribution is 7.90. The molecule has 0 unspecified atom stereocenters. The SMILES string of the molecule is Cc1ccc(S(=O)(=O)n2ncc3nc(N4CCCc5c4cc(Cl)c(OCCCl)c5Cl)ccc32)cc1. The molecule has 0 fully saturated rings. The summed E-state index contributed by atoms with van der Waals surface area (Å²) in [6.45, 7) is 2.91. The van der Waals surface area contributed by atoms with Gasteiger partial charge in [-0.2, -0.15) is 17.6 Å². The molecule has 0 bridgehead atoms. The van der Waals surface area contributed by atoms with Crippen LogP contribution in [0.25, 0.3) is 11.0 Å². The summed E-state index contributed by atoms with van der Waals surface area (Å²) in [5.74, 6) is 1.40. The maximum absolute atomic E-state index is 13.2. The summed E-state index contributed by atoms with van der Waals surface area (Å²) in [4.78, 5) is 6.90. The maximum Gasteiger partial charge on any atom is 0.283 e. The van der Waals surface area contributed by atoms with Crippen LogP contribution in [0.5, 0.6) is 5.75 Å². The Balaban J connectivity index is 1.54. The molecule has 0 amide bonds. The first-order valence-electron chi connectivity index (χ1n) is 11.0. The Morgan fingerprint density at radius 1 is 1.11 bits per heavy atom. The predicted molar refractivity (Wildman–Crippen MR) is 139 cm³/mol. The Labute approximate surface area is 218 Å². The topological polar surface area (TPSA) is 77.3 Å². The smallest absolute Gasteiger partial charge is 0.283 e. The van der Waals surface area contributed by atoms with Gasteiger partial charge < -0.3 is 9.64 Å². The van der Waals surface area contributed by atoms with Gasteiger partial charge in [-0.3, -0.25) is 0 Å². The van der Waals surface area contributed by atoms with E-state index in [1.807, 2.05) is 17.9 Å². The Bertz CT molecular complexity index is 1520. The van der Waals surface area contributed by atoms with Crippen LogP contribution in [0.1, 0.15) is 17.5 Å². The zero-order valence-electron chi connectivity index (χ0n) is 18.7. The second-order valence-corrected chi connectivity index (χ2v) is 11.1. The highest BCUT2D eigenvalue weighted by Crippen LogP contribution is 2.45. The molecule has 0 radical (unpaired) electrons. The minimum absolute atomic E-state index is 0.165. The molecule has 3 heterocycles. The molecule has 5 rings (SSSR count). The van der Waals surface area contributed by atoms with E-state index in [9.17, 15) is 8.42 Å². The molecule has 0 saturated heterocycles. The summed E-state index contributed by atoms with van der Waals surface area (Å²) in [5, 5.41) is 5.01. The van der Waals surface area contributed by atoms with Crippen LogP contribution in [0.2, 0.25) is 10.0 Å². The Morgan fingerprint density at radius 2 is 1.89 bits per heavy atom. The Kier molecular flexibility index (Phi) is 6.57. The van der Waals surface area contributed by atoms with Crippen LogP contribution in [0, 0.1) is 6.92 Å². The van der Waals surface area contributed by atoms with E-state index in [-0.39, 0.29) is 4.90 Å². The minimum Gasteiger partial charge on any atom is -0.489 e. The van der Waals surface area contributed by atoms with Gasteiger partial charge in [0.25, 0.3) is 10.0 Å². The van der Waals surface area contributed by atoms with Gasteiger partial charge in [-0.25, -0.2) is 4.98 Å². The highest BCUT2D eigenvalue weighted by Gasteiger charge is 2.27. The number of aromatic nitrogens is 3. The van der Waals surface area contributed by atoms with E-state index in [2.05, 4.69) is 5.10 Å². The quantitative estimate of drug-likeness (QED) is 0.274. The van der Waals surface area contributed by atoms with E-state index < -0.39 is 10.0 Å². The van der Waals surface area contributed by atoms with E-state index in [1.54, 1.807) is 36.4 Å². The Hall–Kier alpha value is -2.52. The average Bonchev–Trinajstić information content (AvgIpc) is 3.28. The van der Waals surface area contributed by atoms with Crippen LogP contribution in [-0.4, -0.2) is 41.6 Å². The number of alkyl halides is 1. The standard InChI is InChI=1S/C24H21Cl3N4O3S/c1-15-4-6-16(7-5-15)35(32,33)31-20-8-9-22(29-19(20)14-28-31)30-11-2-3-17-21(30)13-18(26)24(23(17)27)34-12-10-25/h4-9,13-14H,2-3,10-12H2,1H3. The number of fused-ring (bicyclic) bond motifs is 2. The summed E-state index contributed by atoms with van der Waals surface area (Å²) in [6.07, 6.45) is 3.08. The van der Waals surface area contributed by atoms with Crippen molar-refractivity contribution in [3.8, 4) is 5.75 Å². The molecule has 35 heavy (non-hydrogen) atoms. The van der Waals surface area contributed by atoms with E-state index in [4.69, 9.17) is 44.5 Å². The van der Waals surface area contributed by atoms with Crippen molar-refractivity contribution in [2.24, 2.45) is 0 Å². The van der Waals surface area contributed by atoms with Crippen molar-refractivity contribution in [3.63, 3.8) is 0 Å². The van der Waals surface area contributed by atoms with Crippen molar-refractivity contribution < 1.29 is 13.2 Å². The van der Waals surface area contributed by atoms with Gasteiger partial charge in [0.1, 0.15) is 23.5 Å². The van der Waals surface area contributed by atoms with E-state index >= 15 is 0 Å². The lowest BCUT2D eigenvalue weighted by Gasteiger charge is -2.32. The molecule has 0 atom stereocenters. The number of rotatable bonds is 6. The maximum atomic E-state index is 13.2. The first-order chi connectivity index (χ1) is 16.8. The number of hydrogen-bond acceptors (Lipinski definition) is 6. The van der Waals surface area contributed by atoms with Crippen LogP contribution in [0.15, 0.2) is 53.6 Å². The van der Waals surface area contributed by atoms with Gasteiger partial charge in [0.2, 0.25) is 0 Å². The van der Waals surface area contributed by atoms with Crippen molar-refractivity contribution in [3.05, 3.63) is 69.8 Å². The summed E-state index contributed by atoms with van der Waals surface area (Å²) < 4.78 is 33.0. The average molecular weight is 552 g/mol. The molecule has 0 N–H and O–H groups in total. The molecule has 2 aromatic heterocycles. The third-order valence-electron chi connectivity index (χ3n) is 5.88. The van der Waals surface area contributed by atoms with E-state index in [0.29, 0.717) is 51.7 Å². The van der Waals surface area contributed by atoms with Gasteiger partial charge in [0.15, 0.2) is 5.75 Å². The zero-order valence-corrected chi connectivity index (χ0v) is 21.8. The molecule has 7 nitrogen and oxygen atoms in total. The summed E-state index contributed by atoms with van der Waals surface area (Å²) in [7, 11) is -3.86. The number of nitrogens with zero attached hydrogens (tertiary/aromatic N) is 4. The number of aryl methyl sites for hydroxylation is 1. The Morgan fingerprint density at radius 3 is 2.63 bits per heavy atom. The molecule has 2 aromatic carbocycles. The number of pyridine rings is 1. The van der Waals surface area contributed by atoms with Crippen molar-refractivity contribution in [1.29, 1.82) is 0 Å². The number of benzene rings is 2. The summed E-state index contributed by atoms with van der Waals surface area (Å²) in [5.41, 5.74) is 3.60. The third kappa shape index (κ3) is 4.33. The lowest BCUT2D eigenvalue weighted by Crippen LogP contribution is -2.25. The van der Waals surface area contributed by atoms with Crippen LogP contribution in [-0.2, 0) is 16.4 Å². The van der Waals surface area contributed by atoms with Crippen molar-refractivity contribution in [2.75, 3.05) is 23.9 Å². The van der Waals surface area contributed by atoms with Crippen LogP contribution in [0.3, 0.4) is 0 Å². The van der Waals surface area contributed by atoms with E-state index in [0.717, 1.165) is 33.7 Å². The highest BCUT2D eigenvalue weighted by atomic mass is 35.5. The molecular weight excluding hydrogens is 531 g/mol. The minimum atomic E-state index is -3.86. The molecule has 4 aromatic rings. The summed E-state index contributed by atoms with van der Waals surface area (Å²) in [6, 6.07) is 12.0. The largest absolute Gasteiger partial charge is 0.489 e. The van der Waals surface area contributed by atoms with Gasteiger partial charge in [0.05, 0.1) is 27.0 Å². The van der Waals surface area contributed by atoms with Crippen molar-refractivity contribution >= 4 is 67.4 Å². The second-order valence-electron chi connectivity index (χ2n) is 8.17. The third-order valence-corrected chi connectivity index (χ3v) is 8.33. The number of halogens is 3. The molecule has 1 aliphatic rings. The molecular formula is C24H21Cl3N4O3S. The first-order valence-corrected chi connectivity index (χ1v) is 13.7.